The molecule has 0 aliphatic rings. The maximum atomic E-state index is 3.90. The quantitative estimate of drug-likeness (QED) is 0.268. The van der Waals surface area contributed by atoms with Crippen LogP contribution in [0.25, 0.3) is 0 Å². The predicted octanol–water partition coefficient (Wildman–Crippen LogP) is 8.22. The van der Waals surface area contributed by atoms with Crippen molar-refractivity contribution >= 4 is 0 Å². The van der Waals surface area contributed by atoms with Crippen LogP contribution in [0.5, 0.6) is 0 Å². The summed E-state index contributed by atoms with van der Waals surface area (Å²) in [6.07, 6.45) is 22.4. The molecule has 0 atom stereocenters. The zero-order chi connectivity index (χ0) is 17.3. The molecule has 1 radical (unpaired) electrons. The molecule has 0 amide bonds. The number of aryl methyl sites for hydroxylation is 2. The second kappa shape index (κ2) is 15.7. The van der Waals surface area contributed by atoms with E-state index in [1.165, 1.54) is 107 Å². The summed E-state index contributed by atoms with van der Waals surface area (Å²) in [4.78, 5) is 0. The molecule has 24 heavy (non-hydrogen) atoms. The van der Waals surface area contributed by atoms with Crippen molar-refractivity contribution in [2.45, 2.75) is 110 Å². The highest BCUT2D eigenvalue weighted by atomic mass is 14.0. The molecule has 137 valence electrons. The molecule has 1 rings (SSSR count). The molecule has 0 heterocycles. The average Bonchev–Trinajstić information content (AvgIpc) is 2.60. The van der Waals surface area contributed by atoms with Crippen molar-refractivity contribution in [3.8, 4) is 0 Å². The topological polar surface area (TPSA) is 0 Å². The molecule has 0 N–H and O–H groups in total. The van der Waals surface area contributed by atoms with Crippen molar-refractivity contribution in [1.29, 1.82) is 0 Å². The van der Waals surface area contributed by atoms with Gasteiger partial charge in [-0.1, -0.05) is 127 Å². The number of hydrogen-bond donors (Lipinski definition) is 0. The summed E-state index contributed by atoms with van der Waals surface area (Å²) >= 11 is 0. The number of hydrogen-bond acceptors (Lipinski definition) is 0. The third-order valence-electron chi connectivity index (χ3n) is 5.09. The molecule has 0 aliphatic heterocycles. The summed E-state index contributed by atoms with van der Waals surface area (Å²) in [5.74, 6) is 0. The van der Waals surface area contributed by atoms with Crippen LogP contribution in [-0.2, 0) is 6.42 Å². The monoisotopic (exact) mass is 329 g/mol. The van der Waals surface area contributed by atoms with E-state index < -0.39 is 0 Å². The van der Waals surface area contributed by atoms with Crippen molar-refractivity contribution in [2.24, 2.45) is 0 Å². The molecule has 1 aromatic carbocycles. The first kappa shape index (κ1) is 21.3. The minimum absolute atomic E-state index is 1.12. The molecule has 0 aromatic heterocycles. The highest BCUT2D eigenvalue weighted by Gasteiger charge is 1.96. The van der Waals surface area contributed by atoms with Crippen LogP contribution in [0.2, 0.25) is 0 Å². The molecule has 0 saturated carbocycles. The Morgan fingerprint density at radius 3 is 1.33 bits per heavy atom. The zero-order valence-electron chi connectivity index (χ0n) is 16.3. The van der Waals surface area contributed by atoms with Crippen molar-refractivity contribution in [1.82, 2.24) is 0 Å². The number of unbranched alkanes of at least 4 members (excludes halogenated alkanes) is 14. The summed E-state index contributed by atoms with van der Waals surface area (Å²) in [6, 6.07) is 9.04. The fraction of sp³-hybridized carbons (Fsp3) is 0.708. The van der Waals surface area contributed by atoms with Gasteiger partial charge in [-0.15, -0.1) is 0 Å². The molecule has 0 fully saturated rings. The Hall–Kier alpha value is -0.780. The lowest BCUT2D eigenvalue weighted by Gasteiger charge is -2.04. The minimum atomic E-state index is 1.12. The van der Waals surface area contributed by atoms with Gasteiger partial charge in [0.1, 0.15) is 0 Å². The van der Waals surface area contributed by atoms with Crippen LogP contribution < -0.4 is 0 Å². The third-order valence-corrected chi connectivity index (χ3v) is 5.09. The smallest absolute Gasteiger partial charge is 0.0279 e. The molecular weight excluding hydrogens is 288 g/mol. The van der Waals surface area contributed by atoms with E-state index in [0.29, 0.717) is 0 Å². The first-order valence-corrected chi connectivity index (χ1v) is 10.7. The Labute approximate surface area is 152 Å². The van der Waals surface area contributed by atoms with E-state index in [4.69, 9.17) is 0 Å². The minimum Gasteiger partial charge on any atom is -0.0591 e. The van der Waals surface area contributed by atoms with Gasteiger partial charge < -0.3 is 0 Å². The lowest BCUT2D eigenvalue weighted by Crippen LogP contribution is -1.87. The average molecular weight is 330 g/mol. The molecule has 0 unspecified atom stereocenters. The second-order valence-corrected chi connectivity index (χ2v) is 7.54. The predicted molar refractivity (Wildman–Crippen MR) is 109 cm³/mol. The number of benzene rings is 1. The molecule has 0 aliphatic carbocycles. The Kier molecular flexibility index (Phi) is 13.9. The van der Waals surface area contributed by atoms with Crippen LogP contribution in [0.4, 0.5) is 0 Å². The fourth-order valence-corrected chi connectivity index (χ4v) is 3.38. The highest BCUT2D eigenvalue weighted by molar-refractivity contribution is 5.21. The molecule has 1 aromatic rings. The van der Waals surface area contributed by atoms with Gasteiger partial charge in [0.15, 0.2) is 0 Å². The van der Waals surface area contributed by atoms with Crippen LogP contribution in [0.15, 0.2) is 24.3 Å². The molecular formula is C24H41. The van der Waals surface area contributed by atoms with E-state index in [1.54, 1.807) is 0 Å². The SMILES string of the molecule is [CH2]CCCCCCCCCCCCCCCCc1ccc(C)cc1. The first-order chi connectivity index (χ1) is 11.8. The van der Waals surface area contributed by atoms with Gasteiger partial charge in [-0.2, -0.15) is 0 Å². The first-order valence-electron chi connectivity index (χ1n) is 10.7. The van der Waals surface area contributed by atoms with Crippen LogP contribution in [0.1, 0.15) is 107 Å². The maximum absolute atomic E-state index is 3.90. The van der Waals surface area contributed by atoms with Gasteiger partial charge in [-0.25, -0.2) is 0 Å². The number of rotatable bonds is 16. The van der Waals surface area contributed by atoms with Crippen LogP contribution in [0, 0.1) is 13.8 Å². The lowest BCUT2D eigenvalue weighted by molar-refractivity contribution is 0.533. The molecule has 0 heteroatoms. The Morgan fingerprint density at radius 2 is 0.917 bits per heavy atom. The van der Waals surface area contributed by atoms with Gasteiger partial charge in [0.05, 0.1) is 0 Å². The molecule has 0 saturated heterocycles. The Morgan fingerprint density at radius 1 is 0.542 bits per heavy atom. The zero-order valence-corrected chi connectivity index (χ0v) is 16.3. The molecule has 0 bridgehead atoms. The van der Waals surface area contributed by atoms with Crippen molar-refractivity contribution in [3.05, 3.63) is 42.3 Å². The highest BCUT2D eigenvalue weighted by Crippen LogP contribution is 2.14. The fourth-order valence-electron chi connectivity index (χ4n) is 3.38. The van der Waals surface area contributed by atoms with Crippen LogP contribution in [0.3, 0.4) is 0 Å². The van der Waals surface area contributed by atoms with Gasteiger partial charge in [-0.05, 0) is 25.3 Å². The van der Waals surface area contributed by atoms with E-state index in [-0.39, 0.29) is 0 Å². The normalized spacial score (nSPS) is 11.1. The summed E-state index contributed by atoms with van der Waals surface area (Å²) in [5.41, 5.74) is 2.87. The second-order valence-electron chi connectivity index (χ2n) is 7.54. The van der Waals surface area contributed by atoms with E-state index >= 15 is 0 Å². The van der Waals surface area contributed by atoms with E-state index in [9.17, 15) is 0 Å². The van der Waals surface area contributed by atoms with Crippen molar-refractivity contribution in [2.75, 3.05) is 0 Å². The third kappa shape index (κ3) is 12.6. The van der Waals surface area contributed by atoms with Gasteiger partial charge >= 0.3 is 0 Å². The lowest BCUT2D eigenvalue weighted by atomic mass is 10.0. The van der Waals surface area contributed by atoms with E-state index in [0.717, 1.165) is 6.42 Å². The maximum Gasteiger partial charge on any atom is -0.0279 e. The standard InChI is InChI=1S/C24H41/c1-3-4-5-6-7-8-9-10-11-12-13-14-15-16-17-18-24-21-19-23(2)20-22-24/h19-22H,1,3-18H2,2H3. The van der Waals surface area contributed by atoms with Gasteiger partial charge in [0.2, 0.25) is 0 Å². The van der Waals surface area contributed by atoms with E-state index in [1.807, 2.05) is 0 Å². The summed E-state index contributed by atoms with van der Waals surface area (Å²) < 4.78 is 0. The molecule has 0 spiro atoms. The summed E-state index contributed by atoms with van der Waals surface area (Å²) in [5, 5.41) is 0. The summed E-state index contributed by atoms with van der Waals surface area (Å²) in [6.45, 7) is 6.06. The summed E-state index contributed by atoms with van der Waals surface area (Å²) in [7, 11) is 0. The van der Waals surface area contributed by atoms with Crippen LogP contribution in [-0.4, -0.2) is 0 Å². The van der Waals surface area contributed by atoms with Gasteiger partial charge in [0.25, 0.3) is 0 Å². The van der Waals surface area contributed by atoms with Crippen molar-refractivity contribution < 1.29 is 0 Å². The van der Waals surface area contributed by atoms with Gasteiger partial charge in [-0.3, -0.25) is 0 Å². The Balaban J connectivity index is 1.75. The van der Waals surface area contributed by atoms with E-state index in [2.05, 4.69) is 38.1 Å². The Bertz CT molecular complexity index is 362. The van der Waals surface area contributed by atoms with Crippen LogP contribution >= 0.6 is 0 Å². The van der Waals surface area contributed by atoms with Crippen molar-refractivity contribution in [3.63, 3.8) is 0 Å². The largest absolute Gasteiger partial charge is 0.0591 e. The van der Waals surface area contributed by atoms with Gasteiger partial charge in [0, 0.05) is 0 Å². The molecule has 0 nitrogen and oxygen atoms in total.